The van der Waals surface area contributed by atoms with E-state index >= 15 is 0 Å². The molecule has 4 saturated heterocycles. The highest BCUT2D eigenvalue weighted by Gasteiger charge is 2.30. The van der Waals surface area contributed by atoms with Gasteiger partial charge in [0.05, 0.1) is 56.8 Å². The van der Waals surface area contributed by atoms with Gasteiger partial charge in [-0.2, -0.15) is 0 Å². The number of hydrogen-bond donors (Lipinski definition) is 9. The summed E-state index contributed by atoms with van der Waals surface area (Å²) >= 11 is 0. The van der Waals surface area contributed by atoms with Gasteiger partial charge in [0.25, 0.3) is 23.6 Å². The second-order valence-electron chi connectivity index (χ2n) is 29.4. The maximum atomic E-state index is 12.4. The second kappa shape index (κ2) is 36.0. The van der Waals surface area contributed by atoms with Crippen molar-refractivity contribution in [3.05, 3.63) is 320 Å². The lowest BCUT2D eigenvalue weighted by Gasteiger charge is -2.37. The molecule has 6 heterocycles. The van der Waals surface area contributed by atoms with Crippen molar-refractivity contribution in [2.45, 2.75) is 59.2 Å². The Kier molecular flexibility index (Phi) is 25.3. The summed E-state index contributed by atoms with van der Waals surface area (Å²) in [6.07, 6.45) is 15.3. The van der Waals surface area contributed by atoms with Crippen molar-refractivity contribution in [1.29, 1.82) is 0 Å². The first-order valence-electron chi connectivity index (χ1n) is 36.9. The van der Waals surface area contributed by atoms with Crippen LogP contribution in [0.5, 0.6) is 0 Å². The molecule has 5 fully saturated rings. The Hall–Kier alpha value is -12.1. The summed E-state index contributed by atoms with van der Waals surface area (Å²) in [6, 6.07) is 68.0. The van der Waals surface area contributed by atoms with Gasteiger partial charge >= 0.3 is 0 Å². The third-order valence-electron chi connectivity index (χ3n) is 19.0. The molecule has 2 aromatic heterocycles. The molecule has 0 spiro atoms. The number of nitrogen functional groups attached to an aromatic ring is 4. The van der Waals surface area contributed by atoms with E-state index in [1.807, 2.05) is 198 Å². The van der Waals surface area contributed by atoms with Gasteiger partial charge in [0, 0.05) is 119 Å². The molecule has 0 bridgehead atoms. The van der Waals surface area contributed by atoms with Crippen LogP contribution in [0.4, 0.5) is 45.5 Å². The summed E-state index contributed by atoms with van der Waals surface area (Å²) in [6.45, 7) is 19.1. The topological polar surface area (TPSA) is 279 Å². The Morgan fingerprint density at radius 3 is 1.17 bits per heavy atom. The monoisotopic (exact) mass is 1450 g/mol. The van der Waals surface area contributed by atoms with Crippen LogP contribution in [0.1, 0.15) is 113 Å². The number of benzene rings is 8. The summed E-state index contributed by atoms with van der Waals surface area (Å²) in [5.74, 6) is 0.309. The average Bonchev–Trinajstić information content (AvgIpc) is 1.83. The molecule has 19 heteroatoms. The number of rotatable bonds is 20. The average molecular weight is 1450 g/mol. The number of carbonyl (C=O) groups is 4. The van der Waals surface area contributed by atoms with E-state index in [1.54, 1.807) is 42.6 Å². The van der Waals surface area contributed by atoms with Crippen molar-refractivity contribution >= 4 is 93.4 Å². The van der Waals surface area contributed by atoms with E-state index in [9.17, 15) is 24.3 Å². The van der Waals surface area contributed by atoms with E-state index < -0.39 is 5.60 Å². The van der Waals surface area contributed by atoms with Crippen molar-refractivity contribution < 1.29 is 24.3 Å². The molecule has 1 aliphatic carbocycles. The molecule has 4 aliphatic heterocycles. The molecule has 5 aliphatic rings. The Morgan fingerprint density at radius 2 is 0.807 bits per heavy atom. The summed E-state index contributed by atoms with van der Waals surface area (Å²) in [4.78, 5) is 67.7. The number of amides is 4. The maximum Gasteiger partial charge on any atom is 0.255 e. The highest BCUT2D eigenvalue weighted by atomic mass is 16.3. The molecule has 15 rings (SSSR count). The molecule has 0 radical (unpaired) electrons. The van der Waals surface area contributed by atoms with Crippen molar-refractivity contribution in [3.63, 3.8) is 0 Å². The minimum Gasteiger partial charge on any atom is -0.397 e. The molecule has 13 N–H and O–H groups in total. The lowest BCUT2D eigenvalue weighted by atomic mass is 10.0. The number of β-amino-alcohol motifs (C(OH)–C–C–N with tert-alkyl or cyclic N) is 1. The predicted molar refractivity (Wildman–Crippen MR) is 443 cm³/mol. The Labute approximate surface area is 638 Å². The third-order valence-corrected chi connectivity index (χ3v) is 19.0. The number of nitrogens with zero attached hydrogens (tertiary/aromatic N) is 6. The molecular formula is C90H96N14O5. The van der Waals surface area contributed by atoms with Gasteiger partial charge in [-0.3, -0.25) is 48.7 Å². The molecule has 10 aromatic rings. The number of carbonyl (C=O) groups excluding carboxylic acids is 4. The zero-order chi connectivity index (χ0) is 76.4. The first-order chi connectivity index (χ1) is 52.6. The Bertz CT molecular complexity index is 4940. The lowest BCUT2D eigenvalue weighted by molar-refractivity contribution is 0.0305. The third kappa shape index (κ3) is 23.0. The quantitative estimate of drug-likeness (QED) is 0.0321. The Balaban J connectivity index is 0.000000136. The van der Waals surface area contributed by atoms with Crippen LogP contribution >= 0.6 is 0 Å². The standard InChI is InChI=1S/C24H24N4O.C23H22N4O.C22H25N3O.C21H25N3O2/c1-17-5-4-6-21(26-17)16-28-14-19(15-28)13-18-9-11-20(12-10-18)24(29)27-23-8-3-2-7-22(23)25;24-21-5-1-2-6-22(21)26-23(28)20-9-7-17(8-10-20)12-19-15-27(16-19)14-18-4-3-11-25-13-18;1-15-2-9-21(20(23)10-15)24-22(26)19-7-5-16(6-8-19)11-18-13-25(14-18)12-17-3-4-17;1-21(2,26)14-24-12-16(13-24)11-15-7-9-17(10-8-15)20(25)23-19-6-4-3-5-18(19)22/h2-13H,14-16,25H2,1H3,(H,27,29);1-13H,14-16,24H2,(H,26,28);2,5-11,17H,3-4,12-14,23H2,1H3,(H,24,26);3-11,26H,12-14,22H2,1-2H3,(H,23,25). The van der Waals surface area contributed by atoms with E-state index in [-0.39, 0.29) is 23.6 Å². The SMILES string of the molecule is CC(C)(O)CN1CC(=Cc2ccc(C(=O)Nc3ccccc3N)cc2)C1.Cc1ccc(NC(=O)c2ccc(C=C3CN(CC4CC4)C3)cc2)c(N)c1.Cc1cccc(CN2CC(=Cc3ccc(C(=O)Nc4ccccc4N)cc3)C2)n1.Nc1ccccc1NC(=O)c1ccc(C=C2CN(Cc3cccnc3)C2)cc1. The number of nitrogens with one attached hydrogen (secondary N) is 4. The smallest absolute Gasteiger partial charge is 0.255 e. The normalized spacial score (nSPS) is 14.7. The number of likely N-dealkylation sites (tertiary alicyclic amines) is 4. The summed E-state index contributed by atoms with van der Waals surface area (Å²) in [5.41, 5.74) is 44.6. The Morgan fingerprint density at radius 1 is 0.431 bits per heavy atom. The minimum atomic E-state index is -0.664. The zero-order valence-electron chi connectivity index (χ0n) is 62.3. The van der Waals surface area contributed by atoms with Crippen LogP contribution in [0, 0.1) is 19.8 Å². The van der Waals surface area contributed by atoms with Crippen molar-refractivity contribution in [2.24, 2.45) is 5.92 Å². The number of para-hydroxylation sites is 6. The van der Waals surface area contributed by atoms with Gasteiger partial charge in [-0.25, -0.2) is 0 Å². The highest BCUT2D eigenvalue weighted by molar-refractivity contribution is 6.08. The number of aryl methyl sites for hydroxylation is 2. The van der Waals surface area contributed by atoms with E-state index in [1.165, 1.54) is 47.2 Å². The maximum absolute atomic E-state index is 12.4. The van der Waals surface area contributed by atoms with E-state index in [0.717, 1.165) is 111 Å². The van der Waals surface area contributed by atoms with Crippen LogP contribution in [-0.4, -0.2) is 129 Å². The van der Waals surface area contributed by atoms with Gasteiger partial charge in [-0.1, -0.05) is 127 Å². The first kappa shape index (κ1) is 76.5. The number of aromatic nitrogens is 2. The predicted octanol–water partition coefficient (Wildman–Crippen LogP) is 14.9. The lowest BCUT2D eigenvalue weighted by Crippen LogP contribution is -2.47. The fraction of sp³-hybridized carbons (Fsp3) is 0.222. The fourth-order valence-corrected chi connectivity index (χ4v) is 13.1. The number of pyridine rings is 2. The number of nitrogens with two attached hydrogens (primary N) is 4. The molecule has 0 atom stereocenters. The number of hydrogen-bond acceptors (Lipinski definition) is 15. The summed E-state index contributed by atoms with van der Waals surface area (Å²) in [7, 11) is 0. The highest BCUT2D eigenvalue weighted by Crippen LogP contribution is 2.33. The van der Waals surface area contributed by atoms with E-state index in [0.29, 0.717) is 74.3 Å². The molecule has 1 saturated carbocycles. The molecule has 556 valence electrons. The molecule has 19 nitrogen and oxygen atoms in total. The van der Waals surface area contributed by atoms with Crippen LogP contribution in [0.25, 0.3) is 24.3 Å². The van der Waals surface area contributed by atoms with Crippen LogP contribution in [0.3, 0.4) is 0 Å². The van der Waals surface area contributed by atoms with Gasteiger partial charge in [-0.05, 0) is 217 Å². The summed E-state index contributed by atoms with van der Waals surface area (Å²) in [5, 5.41) is 21.2. The molecular weight excluding hydrogens is 1360 g/mol. The van der Waals surface area contributed by atoms with Gasteiger partial charge in [-0.15, -0.1) is 0 Å². The zero-order valence-corrected chi connectivity index (χ0v) is 62.3. The molecule has 0 unspecified atom stereocenters. The van der Waals surface area contributed by atoms with Gasteiger partial charge in [0.1, 0.15) is 0 Å². The van der Waals surface area contributed by atoms with Gasteiger partial charge in [0.2, 0.25) is 0 Å². The largest absolute Gasteiger partial charge is 0.397 e. The van der Waals surface area contributed by atoms with Crippen molar-refractivity contribution in [3.8, 4) is 0 Å². The van der Waals surface area contributed by atoms with Gasteiger partial charge in [0.15, 0.2) is 0 Å². The first-order valence-corrected chi connectivity index (χ1v) is 36.9. The van der Waals surface area contributed by atoms with Crippen LogP contribution in [-0.2, 0) is 13.1 Å². The van der Waals surface area contributed by atoms with Crippen LogP contribution < -0.4 is 44.2 Å². The van der Waals surface area contributed by atoms with E-state index in [4.69, 9.17) is 22.9 Å². The molecule has 8 aromatic carbocycles. The molecule has 4 amide bonds. The number of anilines is 8. The van der Waals surface area contributed by atoms with E-state index in [2.05, 4.69) is 93.3 Å². The second-order valence-corrected chi connectivity index (χ2v) is 29.4. The minimum absolute atomic E-state index is 0.140. The van der Waals surface area contributed by atoms with Crippen LogP contribution in [0.15, 0.2) is 253 Å². The van der Waals surface area contributed by atoms with Crippen molar-refractivity contribution in [2.75, 3.05) is 110 Å². The molecule has 109 heavy (non-hydrogen) atoms. The van der Waals surface area contributed by atoms with Crippen molar-refractivity contribution in [1.82, 2.24) is 29.6 Å². The number of aliphatic hydroxyl groups is 1. The van der Waals surface area contributed by atoms with Gasteiger partial charge < -0.3 is 49.3 Å². The summed E-state index contributed by atoms with van der Waals surface area (Å²) < 4.78 is 0. The van der Waals surface area contributed by atoms with Crippen LogP contribution in [0.2, 0.25) is 0 Å². The fourth-order valence-electron chi connectivity index (χ4n) is 13.1.